The van der Waals surface area contributed by atoms with Crippen molar-refractivity contribution < 1.29 is 18.0 Å². The van der Waals surface area contributed by atoms with Crippen LogP contribution in [0.5, 0.6) is 0 Å². The minimum Gasteiger partial charge on any atom is -0.323 e. The third-order valence-corrected chi connectivity index (χ3v) is 4.39. The number of nitrogens with one attached hydrogen (secondary N) is 2. The Morgan fingerprint density at radius 1 is 1.15 bits per heavy atom. The van der Waals surface area contributed by atoms with Crippen LogP contribution in [0.2, 0.25) is 0 Å². The highest BCUT2D eigenvalue weighted by Crippen LogP contribution is 2.25. The lowest BCUT2D eigenvalue weighted by molar-refractivity contribution is -0.115. The number of hydrogen-bond acceptors (Lipinski definition) is 4. The van der Waals surface area contributed by atoms with E-state index in [-0.39, 0.29) is 22.2 Å². The van der Waals surface area contributed by atoms with Gasteiger partial charge in [-0.3, -0.25) is 9.89 Å². The summed E-state index contributed by atoms with van der Waals surface area (Å²) in [6.45, 7) is 1.57. The van der Waals surface area contributed by atoms with Gasteiger partial charge < -0.3 is 5.32 Å². The van der Waals surface area contributed by atoms with Gasteiger partial charge in [-0.25, -0.2) is 18.2 Å². The molecule has 0 aliphatic rings. The average molecular weight is 378 g/mol. The molecule has 5 nitrogen and oxygen atoms in total. The van der Waals surface area contributed by atoms with Crippen LogP contribution >= 0.6 is 11.8 Å². The molecule has 134 valence electrons. The molecule has 0 unspecified atom stereocenters. The molecule has 0 aliphatic carbocycles. The van der Waals surface area contributed by atoms with Gasteiger partial charge in [0.2, 0.25) is 11.1 Å². The number of anilines is 1. The second kappa shape index (κ2) is 7.61. The first-order valence-electron chi connectivity index (χ1n) is 7.54. The van der Waals surface area contributed by atoms with Crippen molar-refractivity contribution in [2.75, 3.05) is 5.32 Å². The van der Waals surface area contributed by atoms with Crippen LogP contribution in [0.15, 0.2) is 47.6 Å². The minimum atomic E-state index is -0.739. The van der Waals surface area contributed by atoms with Crippen LogP contribution < -0.4 is 5.32 Å². The predicted molar refractivity (Wildman–Crippen MR) is 92.1 cm³/mol. The summed E-state index contributed by atoms with van der Waals surface area (Å²) in [6, 6.07) is 8.86. The molecule has 0 saturated carbocycles. The van der Waals surface area contributed by atoms with E-state index in [1.54, 1.807) is 25.1 Å². The minimum absolute atomic E-state index is 0.227. The molecule has 26 heavy (non-hydrogen) atoms. The van der Waals surface area contributed by atoms with Gasteiger partial charge in [-0.05, 0) is 31.2 Å². The molecule has 0 radical (unpaired) electrons. The quantitative estimate of drug-likeness (QED) is 0.658. The third-order valence-electron chi connectivity index (χ3n) is 3.43. The number of nitrogens with zero attached hydrogens (tertiary/aromatic N) is 2. The van der Waals surface area contributed by atoms with Gasteiger partial charge in [-0.1, -0.05) is 23.9 Å². The summed E-state index contributed by atoms with van der Waals surface area (Å²) in [5, 5.41) is 8.40. The topological polar surface area (TPSA) is 70.7 Å². The number of aromatic nitrogens is 3. The van der Waals surface area contributed by atoms with Gasteiger partial charge in [0.15, 0.2) is 5.82 Å². The van der Waals surface area contributed by atoms with Crippen molar-refractivity contribution in [3.63, 3.8) is 0 Å². The van der Waals surface area contributed by atoms with Gasteiger partial charge >= 0.3 is 0 Å². The monoisotopic (exact) mass is 378 g/mol. The molecule has 0 bridgehead atoms. The molecule has 0 saturated heterocycles. The summed E-state index contributed by atoms with van der Waals surface area (Å²) in [4.78, 5) is 16.3. The maximum atomic E-state index is 13.8. The fourth-order valence-electron chi connectivity index (χ4n) is 2.11. The molecule has 1 atom stereocenters. The molecular formula is C17H13F3N4OS. The second-order valence-electron chi connectivity index (χ2n) is 5.32. The van der Waals surface area contributed by atoms with Crippen molar-refractivity contribution in [3.05, 3.63) is 59.9 Å². The Hall–Kier alpha value is -2.81. The summed E-state index contributed by atoms with van der Waals surface area (Å²) in [6.07, 6.45) is 0. The fraction of sp³-hybridized carbons (Fsp3) is 0.118. The van der Waals surface area contributed by atoms with E-state index in [9.17, 15) is 18.0 Å². The molecule has 1 heterocycles. The summed E-state index contributed by atoms with van der Waals surface area (Å²) in [7, 11) is 0. The van der Waals surface area contributed by atoms with Crippen LogP contribution in [0, 0.1) is 17.5 Å². The van der Waals surface area contributed by atoms with E-state index in [1.807, 2.05) is 0 Å². The molecule has 0 fully saturated rings. The lowest BCUT2D eigenvalue weighted by atomic mass is 10.2. The van der Waals surface area contributed by atoms with E-state index in [2.05, 4.69) is 20.5 Å². The Bertz CT molecular complexity index is 947. The summed E-state index contributed by atoms with van der Waals surface area (Å²) >= 11 is 0.998. The molecule has 3 rings (SSSR count). The molecule has 3 aromatic rings. The Balaban J connectivity index is 1.68. The first-order valence-corrected chi connectivity index (χ1v) is 8.42. The number of thioether (sulfide) groups is 1. The van der Waals surface area contributed by atoms with Crippen LogP contribution in [0.25, 0.3) is 11.4 Å². The number of halogens is 3. The second-order valence-corrected chi connectivity index (χ2v) is 6.63. The standard InChI is InChI=1S/C17H13F3N4OS/c1-9(16(25)21-14-8-10(18)6-7-13(14)20)26-17-22-15(23-24-17)11-4-2-3-5-12(11)19/h2-9H,1H3,(H,21,25)(H,22,23,24)/t9-/m1/s1. The molecule has 0 spiro atoms. The van der Waals surface area contributed by atoms with Crippen LogP contribution in [0.4, 0.5) is 18.9 Å². The van der Waals surface area contributed by atoms with Crippen molar-refractivity contribution in [1.82, 2.24) is 15.2 Å². The summed E-state index contributed by atoms with van der Waals surface area (Å²) in [5.41, 5.74) is 0.00951. The molecule has 0 aliphatic heterocycles. The highest BCUT2D eigenvalue weighted by atomic mass is 32.2. The molecule has 2 aromatic carbocycles. The van der Waals surface area contributed by atoms with Crippen LogP contribution in [-0.4, -0.2) is 26.3 Å². The van der Waals surface area contributed by atoms with Crippen LogP contribution in [0.3, 0.4) is 0 Å². The molecular weight excluding hydrogens is 365 g/mol. The SMILES string of the molecule is C[C@@H](Sc1n[nH]c(-c2ccccc2F)n1)C(=O)Nc1cc(F)ccc1F. The molecule has 1 amide bonds. The average Bonchev–Trinajstić information content (AvgIpc) is 3.06. The van der Waals surface area contributed by atoms with Gasteiger partial charge in [-0.15, -0.1) is 5.10 Å². The summed E-state index contributed by atoms with van der Waals surface area (Å²) in [5.74, 6) is -2.17. The normalized spacial score (nSPS) is 12.0. The Labute approximate surface area is 151 Å². The number of hydrogen-bond donors (Lipinski definition) is 2. The summed E-state index contributed by atoms with van der Waals surface area (Å²) < 4.78 is 40.5. The zero-order valence-corrected chi connectivity index (χ0v) is 14.3. The third kappa shape index (κ3) is 4.05. The van der Waals surface area contributed by atoms with Crippen molar-refractivity contribution in [2.24, 2.45) is 0 Å². The number of aromatic amines is 1. The van der Waals surface area contributed by atoms with Crippen molar-refractivity contribution >= 4 is 23.4 Å². The smallest absolute Gasteiger partial charge is 0.237 e. The lowest BCUT2D eigenvalue weighted by Gasteiger charge is -2.10. The Morgan fingerprint density at radius 3 is 2.69 bits per heavy atom. The zero-order chi connectivity index (χ0) is 18.7. The molecule has 2 N–H and O–H groups in total. The van der Waals surface area contributed by atoms with Gasteiger partial charge in [0, 0.05) is 6.07 Å². The first-order chi connectivity index (χ1) is 12.4. The largest absolute Gasteiger partial charge is 0.323 e. The number of benzene rings is 2. The lowest BCUT2D eigenvalue weighted by Crippen LogP contribution is -2.23. The number of H-pyrrole nitrogens is 1. The molecule has 9 heteroatoms. The van der Waals surface area contributed by atoms with Gasteiger partial charge in [0.05, 0.1) is 16.5 Å². The van der Waals surface area contributed by atoms with E-state index >= 15 is 0 Å². The van der Waals surface area contributed by atoms with E-state index in [0.29, 0.717) is 0 Å². The number of rotatable bonds is 5. The highest BCUT2D eigenvalue weighted by molar-refractivity contribution is 8.00. The maximum Gasteiger partial charge on any atom is 0.237 e. The molecule has 1 aromatic heterocycles. The Morgan fingerprint density at radius 2 is 1.92 bits per heavy atom. The Kier molecular flexibility index (Phi) is 5.27. The van der Waals surface area contributed by atoms with Gasteiger partial charge in [-0.2, -0.15) is 0 Å². The van der Waals surface area contributed by atoms with E-state index < -0.39 is 28.6 Å². The predicted octanol–water partition coefficient (Wildman–Crippen LogP) is 4.01. The van der Waals surface area contributed by atoms with Gasteiger partial charge in [0.25, 0.3) is 0 Å². The zero-order valence-electron chi connectivity index (χ0n) is 13.5. The van der Waals surface area contributed by atoms with Crippen molar-refractivity contribution in [2.45, 2.75) is 17.3 Å². The van der Waals surface area contributed by atoms with Gasteiger partial charge in [0.1, 0.15) is 17.5 Å². The van der Waals surface area contributed by atoms with Crippen molar-refractivity contribution in [1.29, 1.82) is 0 Å². The van der Waals surface area contributed by atoms with Crippen molar-refractivity contribution in [3.8, 4) is 11.4 Å². The van der Waals surface area contributed by atoms with E-state index in [1.165, 1.54) is 6.07 Å². The number of amides is 1. The van der Waals surface area contributed by atoms with E-state index in [0.717, 1.165) is 30.0 Å². The first kappa shape index (κ1) is 18.0. The van der Waals surface area contributed by atoms with Crippen LogP contribution in [-0.2, 0) is 4.79 Å². The number of carbonyl (C=O) groups excluding carboxylic acids is 1. The fourth-order valence-corrected chi connectivity index (χ4v) is 2.84. The maximum absolute atomic E-state index is 13.8. The number of carbonyl (C=O) groups is 1. The van der Waals surface area contributed by atoms with Crippen LogP contribution in [0.1, 0.15) is 6.92 Å². The van der Waals surface area contributed by atoms with E-state index in [4.69, 9.17) is 0 Å². The highest BCUT2D eigenvalue weighted by Gasteiger charge is 2.19.